The van der Waals surface area contributed by atoms with Crippen LogP contribution in [0.4, 0.5) is 5.69 Å². The number of allylic oxidation sites excluding steroid dienone is 1. The van der Waals surface area contributed by atoms with Crippen molar-refractivity contribution in [2.75, 3.05) is 5.32 Å². The summed E-state index contributed by atoms with van der Waals surface area (Å²) in [6, 6.07) is 14.4. The van der Waals surface area contributed by atoms with Gasteiger partial charge in [0, 0.05) is 27.9 Å². The van der Waals surface area contributed by atoms with Gasteiger partial charge in [0.05, 0.1) is 5.69 Å². The van der Waals surface area contributed by atoms with E-state index in [1.807, 2.05) is 30.3 Å². The molecule has 0 aliphatic carbocycles. The van der Waals surface area contributed by atoms with Gasteiger partial charge in [0.25, 0.3) is 0 Å². The summed E-state index contributed by atoms with van der Waals surface area (Å²) < 4.78 is 0. The minimum absolute atomic E-state index is 0.0791. The fourth-order valence-electron chi connectivity index (χ4n) is 3.69. The first-order valence-corrected chi connectivity index (χ1v) is 11.3. The molecule has 0 radical (unpaired) electrons. The van der Waals surface area contributed by atoms with Crippen molar-refractivity contribution >= 4 is 39.9 Å². The van der Waals surface area contributed by atoms with Gasteiger partial charge in [-0.25, -0.2) is 0 Å². The number of ketones is 1. The molecule has 3 rings (SSSR count). The summed E-state index contributed by atoms with van der Waals surface area (Å²) >= 11 is 6.12. The van der Waals surface area contributed by atoms with Crippen molar-refractivity contribution in [1.82, 2.24) is 4.98 Å². The number of anilines is 1. The molecule has 0 aliphatic rings. The van der Waals surface area contributed by atoms with E-state index in [0.29, 0.717) is 28.4 Å². The van der Waals surface area contributed by atoms with Crippen LogP contribution < -0.4 is 5.32 Å². The second-order valence-electron chi connectivity index (χ2n) is 7.76. The lowest BCUT2D eigenvalue weighted by Gasteiger charge is -2.08. The van der Waals surface area contributed by atoms with E-state index < -0.39 is 0 Å². The normalized spacial score (nSPS) is 10.9. The molecule has 1 amide bonds. The molecule has 0 atom stereocenters. The largest absolute Gasteiger partial charge is 0.350 e. The highest BCUT2D eigenvalue weighted by molar-refractivity contribution is 6.31. The van der Waals surface area contributed by atoms with Gasteiger partial charge in [0.1, 0.15) is 5.69 Å². The molecule has 0 saturated carbocycles. The zero-order valence-corrected chi connectivity index (χ0v) is 18.5. The minimum Gasteiger partial charge on any atom is -0.350 e. The number of carbonyl (C=O) groups is 2. The Morgan fingerprint density at radius 2 is 1.68 bits per heavy atom. The van der Waals surface area contributed by atoms with E-state index in [1.165, 1.54) is 19.3 Å². The molecule has 0 unspecified atom stereocenters. The van der Waals surface area contributed by atoms with Crippen molar-refractivity contribution in [3.05, 3.63) is 77.5 Å². The monoisotopic (exact) mass is 436 g/mol. The molecule has 2 aromatic carbocycles. The number of hydrogen-bond acceptors (Lipinski definition) is 2. The maximum atomic E-state index is 13.1. The van der Waals surface area contributed by atoms with Crippen LogP contribution in [0.25, 0.3) is 10.9 Å². The number of aromatic nitrogens is 1. The fourth-order valence-corrected chi connectivity index (χ4v) is 3.86. The van der Waals surface area contributed by atoms with Crippen molar-refractivity contribution in [3.8, 4) is 0 Å². The second-order valence-corrected chi connectivity index (χ2v) is 8.19. The van der Waals surface area contributed by atoms with Crippen LogP contribution in [0.1, 0.15) is 67.4 Å². The van der Waals surface area contributed by atoms with E-state index in [9.17, 15) is 9.59 Å². The van der Waals surface area contributed by atoms with Gasteiger partial charge in [-0.2, -0.15) is 0 Å². The van der Waals surface area contributed by atoms with Crippen LogP contribution in [-0.4, -0.2) is 16.7 Å². The first-order chi connectivity index (χ1) is 15.1. The molecule has 1 aromatic heterocycles. The SMILES string of the molecule is C=CCCCCCCCCC(=O)Nc1c(C(=O)c2ccccc2)[nH]c2cc(Cl)ccc12. The predicted molar refractivity (Wildman–Crippen MR) is 129 cm³/mol. The van der Waals surface area contributed by atoms with Crippen molar-refractivity contribution in [1.29, 1.82) is 0 Å². The van der Waals surface area contributed by atoms with Crippen LogP contribution in [0.3, 0.4) is 0 Å². The topological polar surface area (TPSA) is 62.0 Å². The first-order valence-electron chi connectivity index (χ1n) is 10.9. The molecule has 0 fully saturated rings. The van der Waals surface area contributed by atoms with Crippen LogP contribution in [0.15, 0.2) is 61.2 Å². The van der Waals surface area contributed by atoms with E-state index in [1.54, 1.807) is 24.3 Å². The second kappa shape index (κ2) is 11.5. The Labute approximate surface area is 188 Å². The molecule has 0 saturated heterocycles. The Morgan fingerprint density at radius 1 is 0.968 bits per heavy atom. The zero-order valence-electron chi connectivity index (χ0n) is 17.8. The number of aromatic amines is 1. The Hall–Kier alpha value is -2.85. The highest BCUT2D eigenvalue weighted by atomic mass is 35.5. The quantitative estimate of drug-likeness (QED) is 0.178. The Morgan fingerprint density at radius 3 is 2.42 bits per heavy atom. The van der Waals surface area contributed by atoms with Crippen molar-refractivity contribution in [3.63, 3.8) is 0 Å². The number of fused-ring (bicyclic) bond motifs is 1. The minimum atomic E-state index is -0.164. The average Bonchev–Trinajstić information content (AvgIpc) is 3.12. The smallest absolute Gasteiger partial charge is 0.224 e. The molecule has 2 N–H and O–H groups in total. The molecule has 5 heteroatoms. The lowest BCUT2D eigenvalue weighted by atomic mass is 10.1. The summed E-state index contributed by atoms with van der Waals surface area (Å²) in [6.45, 7) is 3.74. The van der Waals surface area contributed by atoms with Crippen molar-refractivity contribution < 1.29 is 9.59 Å². The third kappa shape index (κ3) is 6.31. The summed E-state index contributed by atoms with van der Waals surface area (Å²) in [7, 11) is 0. The standard InChI is InChI=1S/C26H29ClN2O2/c1-2-3-4-5-6-7-8-12-15-23(30)29-24-21-17-16-20(27)18-22(21)28-25(24)26(31)19-13-10-9-11-14-19/h2,9-11,13-14,16-18,28H,1,3-8,12,15H2,(H,29,30). The average molecular weight is 437 g/mol. The Bertz CT molecular complexity index is 1040. The number of unbranched alkanes of at least 4 members (excludes halogenated alkanes) is 6. The molecule has 0 bridgehead atoms. The van der Waals surface area contributed by atoms with Crippen LogP contribution in [0.2, 0.25) is 5.02 Å². The molecule has 31 heavy (non-hydrogen) atoms. The number of rotatable bonds is 12. The molecule has 162 valence electrons. The summed E-state index contributed by atoms with van der Waals surface area (Å²) in [5.41, 5.74) is 2.18. The number of amides is 1. The van der Waals surface area contributed by atoms with Crippen molar-refractivity contribution in [2.24, 2.45) is 0 Å². The molecule has 0 aliphatic heterocycles. The molecule has 1 heterocycles. The van der Waals surface area contributed by atoms with Gasteiger partial charge < -0.3 is 10.3 Å². The number of carbonyl (C=O) groups excluding carboxylic acids is 2. The number of hydrogen-bond donors (Lipinski definition) is 2. The van der Waals surface area contributed by atoms with Gasteiger partial charge in [0.2, 0.25) is 11.7 Å². The highest BCUT2D eigenvalue weighted by Crippen LogP contribution is 2.31. The number of halogens is 1. The summed E-state index contributed by atoms with van der Waals surface area (Å²) in [5, 5.41) is 4.32. The summed E-state index contributed by atoms with van der Waals surface area (Å²) in [4.78, 5) is 28.9. The van der Waals surface area contributed by atoms with Gasteiger partial charge in [-0.3, -0.25) is 9.59 Å². The van der Waals surface area contributed by atoms with E-state index in [4.69, 9.17) is 11.6 Å². The fraction of sp³-hybridized carbons (Fsp3) is 0.308. The van der Waals surface area contributed by atoms with E-state index >= 15 is 0 Å². The van der Waals surface area contributed by atoms with Gasteiger partial charge in [-0.05, 0) is 37.5 Å². The molecular formula is C26H29ClN2O2. The Balaban J connectivity index is 1.67. The number of nitrogens with one attached hydrogen (secondary N) is 2. The van der Waals surface area contributed by atoms with E-state index in [-0.39, 0.29) is 11.7 Å². The third-order valence-electron chi connectivity index (χ3n) is 5.35. The third-order valence-corrected chi connectivity index (χ3v) is 5.59. The first kappa shape index (κ1) is 22.8. The predicted octanol–water partition coefficient (Wildman–Crippen LogP) is 7.30. The maximum Gasteiger partial charge on any atom is 0.224 e. The molecular weight excluding hydrogens is 408 g/mol. The number of benzene rings is 2. The molecule has 4 nitrogen and oxygen atoms in total. The summed E-state index contributed by atoms with van der Waals surface area (Å²) in [6.07, 6.45) is 10.0. The van der Waals surface area contributed by atoms with Crippen LogP contribution >= 0.6 is 11.6 Å². The van der Waals surface area contributed by atoms with Gasteiger partial charge in [-0.1, -0.05) is 73.7 Å². The highest BCUT2D eigenvalue weighted by Gasteiger charge is 2.21. The lowest BCUT2D eigenvalue weighted by Crippen LogP contribution is -2.14. The lowest BCUT2D eigenvalue weighted by molar-refractivity contribution is -0.116. The summed E-state index contributed by atoms with van der Waals surface area (Å²) in [5.74, 6) is -0.243. The van der Waals surface area contributed by atoms with Gasteiger partial charge in [-0.15, -0.1) is 6.58 Å². The maximum absolute atomic E-state index is 13.1. The van der Waals surface area contributed by atoms with Crippen LogP contribution in [-0.2, 0) is 4.79 Å². The zero-order chi connectivity index (χ0) is 22.1. The molecule has 3 aromatic rings. The van der Waals surface area contributed by atoms with Crippen molar-refractivity contribution in [2.45, 2.75) is 51.4 Å². The van der Waals surface area contributed by atoms with Gasteiger partial charge >= 0.3 is 0 Å². The Kier molecular flexibility index (Phi) is 8.48. The molecule has 0 spiro atoms. The van der Waals surface area contributed by atoms with Gasteiger partial charge in [0.15, 0.2) is 0 Å². The number of H-pyrrole nitrogens is 1. The van der Waals surface area contributed by atoms with Crippen LogP contribution in [0, 0.1) is 0 Å². The van der Waals surface area contributed by atoms with Crippen LogP contribution in [0.5, 0.6) is 0 Å². The van der Waals surface area contributed by atoms with E-state index in [0.717, 1.165) is 36.6 Å². The van der Waals surface area contributed by atoms with E-state index in [2.05, 4.69) is 16.9 Å².